The van der Waals surface area contributed by atoms with E-state index in [0.717, 1.165) is 0 Å². The number of alkyl halides is 3. The van der Waals surface area contributed by atoms with E-state index in [0.29, 0.717) is 58.9 Å². The highest BCUT2D eigenvalue weighted by molar-refractivity contribution is 7.16. The minimum absolute atomic E-state index is 0.0763. The van der Waals surface area contributed by atoms with E-state index in [1.165, 1.54) is 7.11 Å². The molecule has 0 saturated carbocycles. The molecule has 0 unspecified atom stereocenters. The number of thiazole rings is 1. The summed E-state index contributed by atoms with van der Waals surface area (Å²) in [5.41, 5.74) is 0.853. The van der Waals surface area contributed by atoms with Gasteiger partial charge in [0.1, 0.15) is 34.6 Å². The number of aromatic nitrogens is 4. The van der Waals surface area contributed by atoms with Crippen molar-refractivity contribution in [1.29, 1.82) is 0 Å². The first-order valence-corrected chi connectivity index (χ1v) is 11.5. The summed E-state index contributed by atoms with van der Waals surface area (Å²) in [6, 6.07) is 6.58. The second-order valence-corrected chi connectivity index (χ2v) is 9.12. The average molecular weight is 495 g/mol. The van der Waals surface area contributed by atoms with Gasteiger partial charge in [-0.1, -0.05) is 11.3 Å². The number of amides is 1. The molecule has 0 N–H and O–H groups in total. The first-order valence-electron chi connectivity index (χ1n) is 10.7. The molecule has 1 aliphatic rings. The van der Waals surface area contributed by atoms with Crippen molar-refractivity contribution in [3.05, 3.63) is 40.9 Å². The van der Waals surface area contributed by atoms with Gasteiger partial charge < -0.3 is 14.5 Å². The number of rotatable bonds is 5. The molecule has 1 atom stereocenters. The number of ether oxygens (including phenoxy) is 1. The van der Waals surface area contributed by atoms with Crippen molar-refractivity contribution in [2.75, 3.05) is 31.6 Å². The van der Waals surface area contributed by atoms with Gasteiger partial charge in [-0.3, -0.25) is 4.79 Å². The predicted molar refractivity (Wildman–Crippen MR) is 122 cm³/mol. The van der Waals surface area contributed by atoms with Gasteiger partial charge in [0.05, 0.1) is 7.11 Å². The van der Waals surface area contributed by atoms with Crippen LogP contribution in [0.2, 0.25) is 0 Å². The molecule has 0 spiro atoms. The molecule has 1 aliphatic heterocycles. The Balaban J connectivity index is 1.56. The molecule has 34 heavy (non-hydrogen) atoms. The largest absolute Gasteiger partial charge is 0.497 e. The van der Waals surface area contributed by atoms with Crippen molar-refractivity contribution in [3.8, 4) is 17.0 Å². The molecule has 12 heteroatoms. The van der Waals surface area contributed by atoms with Crippen LogP contribution in [0.4, 0.5) is 18.2 Å². The number of hydrogen-bond donors (Lipinski definition) is 0. The maximum absolute atomic E-state index is 13.5. The highest BCUT2D eigenvalue weighted by Gasteiger charge is 2.38. The Kier molecular flexibility index (Phi) is 6.52. The zero-order chi connectivity index (χ0) is 24.6. The maximum Gasteiger partial charge on any atom is 0.443 e. The van der Waals surface area contributed by atoms with Gasteiger partial charge in [0, 0.05) is 31.2 Å². The fourth-order valence-electron chi connectivity index (χ4n) is 4.03. The highest BCUT2D eigenvalue weighted by atomic mass is 32.1. The van der Waals surface area contributed by atoms with Crippen molar-refractivity contribution in [1.82, 2.24) is 24.6 Å². The summed E-state index contributed by atoms with van der Waals surface area (Å²) in [7, 11) is 1.53. The molecule has 182 valence electrons. The maximum atomic E-state index is 13.5. The Morgan fingerprint density at radius 1 is 1.18 bits per heavy atom. The van der Waals surface area contributed by atoms with Crippen molar-refractivity contribution in [2.24, 2.45) is 0 Å². The quantitative estimate of drug-likeness (QED) is 0.537. The summed E-state index contributed by atoms with van der Waals surface area (Å²) in [4.78, 5) is 24.7. The van der Waals surface area contributed by atoms with E-state index < -0.39 is 11.2 Å². The molecule has 1 saturated heterocycles. The van der Waals surface area contributed by atoms with Crippen molar-refractivity contribution in [2.45, 2.75) is 39.5 Å². The zero-order valence-electron chi connectivity index (χ0n) is 19.3. The van der Waals surface area contributed by atoms with Crippen LogP contribution in [0.25, 0.3) is 11.3 Å². The number of hydrogen-bond acceptors (Lipinski definition) is 7. The molecule has 8 nitrogen and oxygen atoms in total. The number of anilines is 1. The van der Waals surface area contributed by atoms with Crippen LogP contribution in [0.3, 0.4) is 0 Å². The molecule has 3 heterocycles. The van der Waals surface area contributed by atoms with Crippen molar-refractivity contribution >= 4 is 22.2 Å². The van der Waals surface area contributed by atoms with E-state index in [1.54, 1.807) is 47.7 Å². The van der Waals surface area contributed by atoms with Crippen LogP contribution < -0.4 is 9.64 Å². The molecule has 2 aromatic heterocycles. The second kappa shape index (κ2) is 9.24. The lowest BCUT2D eigenvalue weighted by Gasteiger charge is -2.40. The van der Waals surface area contributed by atoms with Crippen LogP contribution in [-0.2, 0) is 17.5 Å². The van der Waals surface area contributed by atoms with E-state index >= 15 is 0 Å². The van der Waals surface area contributed by atoms with E-state index in [9.17, 15) is 18.0 Å². The summed E-state index contributed by atoms with van der Waals surface area (Å²) < 4.78 is 47.3. The molecular formula is C22H25F3N6O2S. The minimum Gasteiger partial charge on any atom is -0.497 e. The first kappa shape index (κ1) is 24.0. The number of methoxy groups -OCH3 is 1. The number of piperazine rings is 1. The Morgan fingerprint density at radius 2 is 1.88 bits per heavy atom. The van der Waals surface area contributed by atoms with Crippen LogP contribution >= 0.6 is 11.3 Å². The summed E-state index contributed by atoms with van der Waals surface area (Å²) in [5.74, 6) is 1.76. The number of nitrogens with zero attached hydrogens (tertiary/aromatic N) is 6. The fourth-order valence-corrected chi connectivity index (χ4v) is 5.02. The molecule has 0 bridgehead atoms. The van der Waals surface area contributed by atoms with Gasteiger partial charge in [-0.15, -0.1) is 0 Å². The zero-order valence-corrected chi connectivity index (χ0v) is 20.1. The molecule has 1 amide bonds. The molecule has 3 aromatic rings. The fraction of sp³-hybridized carbons (Fsp3) is 0.455. The molecular weight excluding hydrogens is 469 g/mol. The van der Waals surface area contributed by atoms with E-state index in [2.05, 4.69) is 15.1 Å². The molecule has 1 aromatic carbocycles. The topological polar surface area (TPSA) is 76.4 Å². The van der Waals surface area contributed by atoms with Crippen LogP contribution in [0.5, 0.6) is 5.75 Å². The van der Waals surface area contributed by atoms with Gasteiger partial charge in [-0.05, 0) is 45.0 Å². The number of benzene rings is 1. The highest BCUT2D eigenvalue weighted by Crippen LogP contribution is 2.43. The van der Waals surface area contributed by atoms with Gasteiger partial charge in [0.15, 0.2) is 0 Å². The van der Waals surface area contributed by atoms with E-state index in [1.807, 2.05) is 11.8 Å². The van der Waals surface area contributed by atoms with Gasteiger partial charge >= 0.3 is 6.18 Å². The van der Waals surface area contributed by atoms with Crippen molar-refractivity contribution in [3.63, 3.8) is 0 Å². The van der Waals surface area contributed by atoms with Gasteiger partial charge in [-0.25, -0.2) is 14.6 Å². The summed E-state index contributed by atoms with van der Waals surface area (Å²) in [6.45, 7) is 6.69. The monoisotopic (exact) mass is 494 g/mol. The second-order valence-electron chi connectivity index (χ2n) is 8.15. The molecule has 4 rings (SSSR count). The number of carbonyl (C=O) groups excluding carboxylic acids is 1. The smallest absolute Gasteiger partial charge is 0.443 e. The molecule has 0 aliphatic carbocycles. The van der Waals surface area contributed by atoms with Crippen LogP contribution in [0, 0.1) is 13.8 Å². The van der Waals surface area contributed by atoms with Crippen molar-refractivity contribution < 1.29 is 22.7 Å². The Morgan fingerprint density at radius 3 is 2.44 bits per heavy atom. The number of aryl methyl sites for hydroxylation is 2. The summed E-state index contributed by atoms with van der Waals surface area (Å²) in [6.07, 6.45) is -4.54. The van der Waals surface area contributed by atoms with E-state index in [-0.39, 0.29) is 24.2 Å². The normalized spacial score (nSPS) is 16.7. The molecule has 1 fully saturated rings. The molecule has 0 radical (unpaired) electrons. The number of halogens is 3. The van der Waals surface area contributed by atoms with Crippen LogP contribution in [-0.4, -0.2) is 63.3 Å². The summed E-state index contributed by atoms with van der Waals surface area (Å²) in [5, 5.41) is 3.79. The Labute approximate surface area is 199 Å². The minimum atomic E-state index is -4.54. The van der Waals surface area contributed by atoms with Gasteiger partial charge in [-0.2, -0.15) is 18.3 Å². The predicted octanol–water partition coefficient (Wildman–Crippen LogP) is 3.78. The third-order valence-electron chi connectivity index (χ3n) is 5.70. The third-order valence-corrected chi connectivity index (χ3v) is 6.86. The van der Waals surface area contributed by atoms with Gasteiger partial charge in [0.25, 0.3) is 0 Å². The number of carbonyl (C=O) groups is 1. The lowest BCUT2D eigenvalue weighted by Crippen LogP contribution is -2.54. The van der Waals surface area contributed by atoms with Crippen LogP contribution in [0.1, 0.15) is 23.6 Å². The lowest BCUT2D eigenvalue weighted by atomic mass is 10.1. The van der Waals surface area contributed by atoms with Gasteiger partial charge in [0.2, 0.25) is 10.9 Å². The van der Waals surface area contributed by atoms with E-state index in [4.69, 9.17) is 4.74 Å². The first-order chi connectivity index (χ1) is 16.1. The Hall–Kier alpha value is -3.15. The lowest BCUT2D eigenvalue weighted by molar-refractivity contribution is -0.137. The Bertz CT molecular complexity index is 1170. The summed E-state index contributed by atoms with van der Waals surface area (Å²) >= 11 is 0.629. The average Bonchev–Trinajstić information content (AvgIpc) is 3.37. The SMILES string of the molecule is COc1ccc(-c2nc(C(F)(F)F)sc2N2CCN(C(=O)Cn3nc(C)nc3C)[C@H](C)C2)cc1. The standard InChI is InChI=1S/C22H25F3N6O2S/c1-13-11-29(9-10-30(13)18(32)12-31-15(3)26-14(2)28-31)20-19(27-21(34-20)22(23,24)25)16-5-7-17(33-4)8-6-16/h5-8,13H,9-12H2,1-4H3/t13-/m1/s1. The van der Waals surface area contributed by atoms with Crippen LogP contribution in [0.15, 0.2) is 24.3 Å². The third kappa shape index (κ3) is 4.86.